The molecule has 0 saturated carbocycles. The minimum Gasteiger partial charge on any atom is -0.481 e. The number of carboxylic acid groups (broad SMARTS) is 3. The maximum absolute atomic E-state index is 12.9. The first-order valence-electron chi connectivity index (χ1n) is 12.0. The summed E-state index contributed by atoms with van der Waals surface area (Å²) in [6.07, 6.45) is 0.0432. The SMILES string of the molecule is O=C(O)CCC(C(=O)O)N1C(=O)CC(=O)N(C(CCCCNC(=O)Cn2cc(CCCF)nn2)C(=O)O)C1=O. The van der Waals surface area contributed by atoms with Crippen LogP contribution in [0.15, 0.2) is 6.20 Å². The number of amides is 5. The molecule has 1 aliphatic rings. The fraction of sp³-hybridized carbons (Fsp3) is 0.591. The number of aromatic nitrogens is 3. The molecule has 2 atom stereocenters. The second-order valence-corrected chi connectivity index (χ2v) is 8.67. The molecule has 0 aromatic carbocycles. The number of hydrogen-bond acceptors (Lipinski definition) is 9. The lowest BCUT2D eigenvalue weighted by molar-refractivity contribution is -0.158. The summed E-state index contributed by atoms with van der Waals surface area (Å²) in [4.78, 5) is 84.7. The van der Waals surface area contributed by atoms with Crippen molar-refractivity contribution >= 4 is 41.7 Å². The van der Waals surface area contributed by atoms with Crippen molar-refractivity contribution in [3.8, 4) is 0 Å². The van der Waals surface area contributed by atoms with Crippen LogP contribution in [0.3, 0.4) is 0 Å². The van der Waals surface area contributed by atoms with Gasteiger partial charge in [-0.05, 0) is 38.5 Å². The van der Waals surface area contributed by atoms with Crippen molar-refractivity contribution in [3.05, 3.63) is 11.9 Å². The molecule has 1 aromatic rings. The third-order valence-electron chi connectivity index (χ3n) is 5.76. The minimum atomic E-state index is -1.90. The highest BCUT2D eigenvalue weighted by Crippen LogP contribution is 2.23. The number of alkyl halides is 1. The molecule has 0 radical (unpaired) electrons. The van der Waals surface area contributed by atoms with Gasteiger partial charge in [-0.1, -0.05) is 5.21 Å². The van der Waals surface area contributed by atoms with E-state index in [1.165, 1.54) is 10.9 Å². The monoisotopic (exact) mass is 556 g/mol. The Morgan fingerprint density at radius 2 is 1.56 bits per heavy atom. The van der Waals surface area contributed by atoms with E-state index in [2.05, 4.69) is 15.6 Å². The molecule has 0 aliphatic carbocycles. The molecule has 1 saturated heterocycles. The van der Waals surface area contributed by atoms with Gasteiger partial charge in [0.25, 0.3) is 0 Å². The zero-order valence-electron chi connectivity index (χ0n) is 20.8. The first kappa shape index (κ1) is 30.8. The molecular weight excluding hydrogens is 527 g/mol. The highest BCUT2D eigenvalue weighted by atomic mass is 19.1. The average molecular weight is 557 g/mol. The van der Waals surface area contributed by atoms with Crippen LogP contribution in [0, 0.1) is 0 Å². The Hall–Kier alpha value is -4.44. The van der Waals surface area contributed by atoms with Gasteiger partial charge < -0.3 is 20.6 Å². The van der Waals surface area contributed by atoms with E-state index in [1.54, 1.807) is 0 Å². The molecule has 2 rings (SSSR count). The van der Waals surface area contributed by atoms with Gasteiger partial charge in [0, 0.05) is 19.2 Å². The maximum atomic E-state index is 12.9. The molecule has 1 aliphatic heterocycles. The van der Waals surface area contributed by atoms with E-state index in [9.17, 15) is 48.2 Å². The number of halogens is 1. The van der Waals surface area contributed by atoms with Gasteiger partial charge in [0.15, 0.2) is 0 Å². The Kier molecular flexibility index (Phi) is 11.4. The Bertz CT molecular complexity index is 1110. The fourth-order valence-electron chi connectivity index (χ4n) is 3.90. The lowest BCUT2D eigenvalue weighted by atomic mass is 10.0. The first-order valence-corrected chi connectivity index (χ1v) is 12.0. The zero-order valence-corrected chi connectivity index (χ0v) is 20.8. The van der Waals surface area contributed by atoms with E-state index in [0.29, 0.717) is 17.0 Å². The van der Waals surface area contributed by atoms with Crippen molar-refractivity contribution in [1.29, 1.82) is 0 Å². The first-order chi connectivity index (χ1) is 18.5. The van der Waals surface area contributed by atoms with Crippen LogP contribution in [0.4, 0.5) is 9.18 Å². The van der Waals surface area contributed by atoms with Crippen LogP contribution in [-0.4, -0.2) is 107 Å². The number of carbonyl (C=O) groups excluding carboxylic acids is 4. The summed E-state index contributed by atoms with van der Waals surface area (Å²) < 4.78 is 13.5. The molecule has 17 heteroatoms. The van der Waals surface area contributed by atoms with E-state index in [-0.39, 0.29) is 43.7 Å². The minimum absolute atomic E-state index is 0.122. The van der Waals surface area contributed by atoms with Gasteiger partial charge in [-0.3, -0.25) is 23.6 Å². The van der Waals surface area contributed by atoms with Crippen molar-refractivity contribution in [2.24, 2.45) is 0 Å². The number of nitrogens with zero attached hydrogens (tertiary/aromatic N) is 5. The van der Waals surface area contributed by atoms with E-state index in [0.717, 1.165) is 0 Å². The number of imide groups is 2. The van der Waals surface area contributed by atoms with Crippen LogP contribution in [0.5, 0.6) is 0 Å². The largest absolute Gasteiger partial charge is 0.481 e. The molecule has 214 valence electrons. The third kappa shape index (κ3) is 8.82. The van der Waals surface area contributed by atoms with E-state index in [1.807, 2.05) is 0 Å². The van der Waals surface area contributed by atoms with Crippen LogP contribution in [0.2, 0.25) is 0 Å². The fourth-order valence-corrected chi connectivity index (χ4v) is 3.90. The van der Waals surface area contributed by atoms with Gasteiger partial charge in [-0.15, -0.1) is 5.10 Å². The van der Waals surface area contributed by atoms with Crippen molar-refractivity contribution in [3.63, 3.8) is 0 Å². The van der Waals surface area contributed by atoms with E-state index in [4.69, 9.17) is 5.11 Å². The summed E-state index contributed by atoms with van der Waals surface area (Å²) in [5.41, 5.74) is 0.541. The second-order valence-electron chi connectivity index (χ2n) is 8.67. The number of rotatable bonds is 17. The lowest BCUT2D eigenvalue weighted by Crippen LogP contribution is -2.63. The lowest BCUT2D eigenvalue weighted by Gasteiger charge is -2.38. The van der Waals surface area contributed by atoms with E-state index >= 15 is 0 Å². The average Bonchev–Trinajstić information content (AvgIpc) is 3.29. The number of aliphatic carboxylic acids is 3. The molecule has 16 nitrogen and oxygen atoms in total. The molecule has 5 amide bonds. The number of urea groups is 1. The number of hydrogen-bond donors (Lipinski definition) is 4. The van der Waals surface area contributed by atoms with Gasteiger partial charge in [0.1, 0.15) is 25.0 Å². The Morgan fingerprint density at radius 1 is 0.949 bits per heavy atom. The summed E-state index contributed by atoms with van der Waals surface area (Å²) in [5, 5.41) is 38.1. The zero-order chi connectivity index (χ0) is 29.1. The molecule has 1 fully saturated rings. The number of barbiturate groups is 1. The molecule has 39 heavy (non-hydrogen) atoms. The number of carbonyl (C=O) groups is 7. The van der Waals surface area contributed by atoms with Gasteiger partial charge in [0.2, 0.25) is 17.7 Å². The maximum Gasteiger partial charge on any atom is 0.335 e. The number of unbranched alkanes of at least 4 members (excludes halogenated alkanes) is 1. The molecule has 0 spiro atoms. The second kappa shape index (κ2) is 14.5. The van der Waals surface area contributed by atoms with Crippen molar-refractivity contribution in [2.45, 2.75) is 70.0 Å². The third-order valence-corrected chi connectivity index (χ3v) is 5.76. The Morgan fingerprint density at radius 3 is 2.13 bits per heavy atom. The summed E-state index contributed by atoms with van der Waals surface area (Å²) in [6, 6.07) is -5.07. The van der Waals surface area contributed by atoms with Crippen molar-refractivity contribution in [2.75, 3.05) is 13.2 Å². The predicted molar refractivity (Wildman–Crippen MR) is 125 cm³/mol. The molecular formula is C22H29FN6O10. The topological polar surface area (TPSA) is 229 Å². The van der Waals surface area contributed by atoms with Crippen molar-refractivity contribution < 1.29 is 53.3 Å². The number of nitrogens with one attached hydrogen (secondary N) is 1. The van der Waals surface area contributed by atoms with Crippen LogP contribution in [0.25, 0.3) is 0 Å². The van der Waals surface area contributed by atoms with Gasteiger partial charge >= 0.3 is 23.9 Å². The van der Waals surface area contributed by atoms with Gasteiger partial charge in [-0.25, -0.2) is 28.9 Å². The quantitative estimate of drug-likeness (QED) is 0.139. The van der Waals surface area contributed by atoms with Crippen LogP contribution < -0.4 is 5.32 Å². The van der Waals surface area contributed by atoms with Gasteiger partial charge in [0.05, 0.1) is 12.4 Å². The van der Waals surface area contributed by atoms with Crippen LogP contribution >= 0.6 is 0 Å². The molecule has 2 heterocycles. The highest BCUT2D eigenvalue weighted by molar-refractivity contribution is 6.16. The summed E-state index contributed by atoms with van der Waals surface area (Å²) >= 11 is 0. The summed E-state index contributed by atoms with van der Waals surface area (Å²) in [6.45, 7) is -0.521. The summed E-state index contributed by atoms with van der Waals surface area (Å²) in [5.74, 6) is -7.33. The number of carboxylic acids is 3. The smallest absolute Gasteiger partial charge is 0.335 e. The molecule has 2 unspecified atom stereocenters. The standard InChI is InChI=1S/C22H29FN6O10/c23-8-3-4-13-11-27(26-25-13)12-16(30)24-9-2-1-5-14(20(35)36)28-17(31)10-18(32)29(22(28)39)15(21(37)38)6-7-19(33)34/h11,14-15H,1-10,12H2,(H,24,30)(H,33,34)(H,35,36)(H,37,38). The summed E-state index contributed by atoms with van der Waals surface area (Å²) in [7, 11) is 0. The Labute approximate surface area is 220 Å². The predicted octanol–water partition coefficient (Wildman–Crippen LogP) is -0.581. The Balaban J connectivity index is 1.94. The number of aryl methyl sites for hydroxylation is 1. The van der Waals surface area contributed by atoms with E-state index < -0.39 is 79.7 Å². The molecule has 0 bridgehead atoms. The van der Waals surface area contributed by atoms with Crippen LogP contribution in [-0.2, 0) is 41.7 Å². The van der Waals surface area contributed by atoms with Crippen LogP contribution in [0.1, 0.15) is 50.6 Å². The normalized spacial score (nSPS) is 15.3. The molecule has 1 aromatic heterocycles. The van der Waals surface area contributed by atoms with Gasteiger partial charge in [-0.2, -0.15) is 0 Å². The van der Waals surface area contributed by atoms with Crippen molar-refractivity contribution in [1.82, 2.24) is 30.1 Å². The molecule has 4 N–H and O–H groups in total. The highest BCUT2D eigenvalue weighted by Gasteiger charge is 2.48.